The van der Waals surface area contributed by atoms with Gasteiger partial charge in [0, 0.05) is 13.8 Å². The van der Waals surface area contributed by atoms with Gasteiger partial charge in [-0.1, -0.05) is 24.3 Å². The van der Waals surface area contributed by atoms with E-state index in [2.05, 4.69) is 21.7 Å². The fourth-order valence-corrected chi connectivity index (χ4v) is 3.87. The van der Waals surface area contributed by atoms with Crippen LogP contribution in [0.3, 0.4) is 0 Å². The molecule has 6 N–H and O–H groups in total. The molecule has 2 rings (SSSR count). The number of hydrogen-bond acceptors (Lipinski definition) is 8. The Balaban J connectivity index is 2.47. The van der Waals surface area contributed by atoms with E-state index < -0.39 is 41.8 Å². The van der Waals surface area contributed by atoms with Gasteiger partial charge in [0.2, 0.25) is 11.8 Å². The SMILES string of the molecule is CC(=O)NNc1ccc(C=Cc2ccc(NNC(C)=O)cc2S(=O)(=O)O)c(S(=O)(=O)O)c1. The molecule has 0 saturated heterocycles. The first-order valence-corrected chi connectivity index (χ1v) is 11.6. The molecule has 0 radical (unpaired) electrons. The third kappa shape index (κ3) is 7.05. The van der Waals surface area contributed by atoms with E-state index in [1.807, 2.05) is 0 Å². The van der Waals surface area contributed by atoms with Crippen molar-refractivity contribution in [2.75, 3.05) is 10.9 Å². The molecule has 0 bridgehead atoms. The van der Waals surface area contributed by atoms with Crippen molar-refractivity contribution in [1.82, 2.24) is 10.9 Å². The number of carbonyl (C=O) groups excluding carboxylic acids is 2. The van der Waals surface area contributed by atoms with E-state index in [-0.39, 0.29) is 22.5 Å². The van der Waals surface area contributed by atoms with Gasteiger partial charge in [-0.3, -0.25) is 40.4 Å². The van der Waals surface area contributed by atoms with Crippen molar-refractivity contribution in [3.8, 4) is 0 Å². The molecule has 2 aromatic carbocycles. The monoisotopic (exact) mass is 484 g/mol. The highest BCUT2D eigenvalue weighted by Gasteiger charge is 2.17. The largest absolute Gasteiger partial charge is 0.299 e. The molecule has 0 aliphatic rings. The van der Waals surface area contributed by atoms with Crippen molar-refractivity contribution in [3.63, 3.8) is 0 Å². The third-order valence-electron chi connectivity index (χ3n) is 3.79. The van der Waals surface area contributed by atoms with Gasteiger partial charge >= 0.3 is 0 Å². The van der Waals surface area contributed by atoms with Crippen LogP contribution in [0.2, 0.25) is 0 Å². The van der Waals surface area contributed by atoms with Gasteiger partial charge in [0.15, 0.2) is 0 Å². The van der Waals surface area contributed by atoms with Crippen LogP contribution in [0.25, 0.3) is 12.2 Å². The molecule has 0 aliphatic carbocycles. The minimum Gasteiger partial charge on any atom is -0.299 e. The zero-order valence-corrected chi connectivity index (χ0v) is 18.4. The Morgan fingerprint density at radius 1 is 0.719 bits per heavy atom. The molecule has 0 heterocycles. The second-order valence-electron chi connectivity index (χ2n) is 6.40. The molecule has 0 fully saturated rings. The molecule has 12 nitrogen and oxygen atoms in total. The smallest absolute Gasteiger partial charge is 0.295 e. The van der Waals surface area contributed by atoms with Gasteiger partial charge in [-0.25, -0.2) is 0 Å². The number of hydrogen-bond donors (Lipinski definition) is 6. The fraction of sp³-hybridized carbons (Fsp3) is 0.111. The number of benzene rings is 2. The summed E-state index contributed by atoms with van der Waals surface area (Å²) >= 11 is 0. The first-order chi connectivity index (χ1) is 14.8. The molecule has 0 aliphatic heterocycles. The molecule has 0 spiro atoms. The summed E-state index contributed by atoms with van der Waals surface area (Å²) in [5.74, 6) is -0.867. The number of amides is 2. The van der Waals surface area contributed by atoms with Crippen LogP contribution >= 0.6 is 0 Å². The molecular weight excluding hydrogens is 464 g/mol. The molecule has 2 amide bonds. The molecule has 2 aromatic rings. The van der Waals surface area contributed by atoms with E-state index in [1.54, 1.807) is 0 Å². The van der Waals surface area contributed by atoms with E-state index >= 15 is 0 Å². The Kier molecular flexibility index (Phi) is 7.58. The summed E-state index contributed by atoms with van der Waals surface area (Å²) in [4.78, 5) is 21.0. The molecule has 0 saturated carbocycles. The molecule has 32 heavy (non-hydrogen) atoms. The standard InChI is InChI=1S/C18H20N4O8S2/c1-11(23)19-21-15-7-5-13(17(9-15)31(25,26)27)3-4-14-6-8-16(22-20-12(2)24)10-18(14)32(28,29)30/h3-10,21-22H,1-2H3,(H,19,23)(H,20,24)(H,25,26,27)(H,28,29,30). The van der Waals surface area contributed by atoms with Gasteiger partial charge in [0.05, 0.1) is 11.4 Å². The number of carbonyl (C=O) groups is 2. The molecule has 14 heteroatoms. The summed E-state index contributed by atoms with van der Waals surface area (Å²) in [5.41, 5.74) is 9.77. The van der Waals surface area contributed by atoms with Crippen LogP contribution in [0, 0.1) is 0 Å². The minimum atomic E-state index is -4.68. The van der Waals surface area contributed by atoms with Gasteiger partial charge in [-0.05, 0) is 35.4 Å². The maximum atomic E-state index is 11.8. The lowest BCUT2D eigenvalue weighted by Gasteiger charge is -2.11. The van der Waals surface area contributed by atoms with Crippen molar-refractivity contribution in [2.45, 2.75) is 23.6 Å². The van der Waals surface area contributed by atoms with E-state index in [0.717, 1.165) is 12.1 Å². The van der Waals surface area contributed by atoms with Gasteiger partial charge in [0.1, 0.15) is 9.79 Å². The van der Waals surface area contributed by atoms with Crippen LogP contribution in [0.15, 0.2) is 46.2 Å². The van der Waals surface area contributed by atoms with E-state index in [0.29, 0.717) is 0 Å². The number of anilines is 2. The quantitative estimate of drug-likeness (QED) is 0.181. The summed E-state index contributed by atoms with van der Waals surface area (Å²) < 4.78 is 66.2. The summed E-state index contributed by atoms with van der Waals surface area (Å²) in [6, 6.07) is 7.57. The molecule has 0 aromatic heterocycles. The van der Waals surface area contributed by atoms with Crippen LogP contribution in [-0.4, -0.2) is 37.8 Å². The zero-order valence-electron chi connectivity index (χ0n) is 16.8. The van der Waals surface area contributed by atoms with Crippen molar-refractivity contribution < 1.29 is 35.5 Å². The Bertz CT molecular complexity index is 1190. The van der Waals surface area contributed by atoms with Crippen LogP contribution < -0.4 is 21.7 Å². The second-order valence-corrected chi connectivity index (χ2v) is 9.18. The normalized spacial score (nSPS) is 11.8. The lowest BCUT2D eigenvalue weighted by Crippen LogP contribution is -2.26. The lowest BCUT2D eigenvalue weighted by molar-refractivity contribution is -0.119. The van der Waals surface area contributed by atoms with Gasteiger partial charge in [0.25, 0.3) is 20.2 Å². The first-order valence-electron chi connectivity index (χ1n) is 8.74. The maximum Gasteiger partial charge on any atom is 0.295 e. The van der Waals surface area contributed by atoms with E-state index in [1.165, 1.54) is 50.3 Å². The van der Waals surface area contributed by atoms with Crippen LogP contribution in [-0.2, 0) is 29.8 Å². The number of hydrazine groups is 2. The molecule has 0 unspecified atom stereocenters. The summed E-state index contributed by atoms with van der Waals surface area (Å²) in [6.07, 6.45) is 2.44. The zero-order chi connectivity index (χ0) is 24.1. The lowest BCUT2D eigenvalue weighted by atomic mass is 10.1. The highest BCUT2D eigenvalue weighted by atomic mass is 32.2. The predicted octanol–water partition coefficient (Wildman–Crippen LogP) is 1.28. The van der Waals surface area contributed by atoms with Crippen molar-refractivity contribution in [3.05, 3.63) is 47.5 Å². The second kappa shape index (κ2) is 9.78. The average Bonchev–Trinajstić information content (AvgIpc) is 2.68. The van der Waals surface area contributed by atoms with Crippen molar-refractivity contribution in [1.29, 1.82) is 0 Å². The summed E-state index contributed by atoms with van der Waals surface area (Å²) in [7, 11) is -9.36. The topological polar surface area (TPSA) is 191 Å². The molecular formula is C18H20N4O8S2. The fourth-order valence-electron chi connectivity index (χ4n) is 2.45. The average molecular weight is 485 g/mol. The van der Waals surface area contributed by atoms with Crippen LogP contribution in [0.4, 0.5) is 11.4 Å². The minimum absolute atomic E-state index is 0.00242. The van der Waals surface area contributed by atoms with Crippen molar-refractivity contribution in [2.24, 2.45) is 0 Å². The molecule has 172 valence electrons. The maximum absolute atomic E-state index is 11.8. The third-order valence-corrected chi connectivity index (χ3v) is 5.61. The van der Waals surface area contributed by atoms with Gasteiger partial charge in [-0.2, -0.15) is 16.8 Å². The predicted molar refractivity (Wildman–Crippen MR) is 116 cm³/mol. The highest BCUT2D eigenvalue weighted by molar-refractivity contribution is 7.86. The first kappa shape index (κ1) is 24.8. The Morgan fingerprint density at radius 3 is 1.34 bits per heavy atom. The number of nitrogens with one attached hydrogen (secondary N) is 4. The van der Waals surface area contributed by atoms with Crippen LogP contribution in [0.1, 0.15) is 25.0 Å². The van der Waals surface area contributed by atoms with Crippen LogP contribution in [0.5, 0.6) is 0 Å². The Morgan fingerprint density at radius 2 is 1.06 bits per heavy atom. The highest BCUT2D eigenvalue weighted by Crippen LogP contribution is 2.26. The summed E-state index contributed by atoms with van der Waals surface area (Å²) in [6.45, 7) is 2.47. The van der Waals surface area contributed by atoms with E-state index in [9.17, 15) is 35.5 Å². The van der Waals surface area contributed by atoms with E-state index in [4.69, 9.17) is 0 Å². The number of rotatable bonds is 8. The Hall–Kier alpha value is -3.46. The van der Waals surface area contributed by atoms with Gasteiger partial charge < -0.3 is 0 Å². The van der Waals surface area contributed by atoms with Crippen molar-refractivity contribution >= 4 is 55.6 Å². The molecule has 0 atom stereocenters. The summed E-state index contributed by atoms with van der Waals surface area (Å²) in [5, 5.41) is 0. The van der Waals surface area contributed by atoms with Gasteiger partial charge in [-0.15, -0.1) is 0 Å². The Labute approximate surface area is 184 Å².